The van der Waals surface area contributed by atoms with Gasteiger partial charge in [-0.15, -0.1) is 11.3 Å². The van der Waals surface area contributed by atoms with Gasteiger partial charge in [0.05, 0.1) is 22.5 Å². The monoisotopic (exact) mass is 364 g/mol. The van der Waals surface area contributed by atoms with Crippen LogP contribution in [0.15, 0.2) is 18.2 Å². The summed E-state index contributed by atoms with van der Waals surface area (Å²) in [5.41, 5.74) is 6.20. The number of carbonyl (C=O) groups is 1. The number of halogens is 1. The van der Waals surface area contributed by atoms with Crippen LogP contribution in [0.1, 0.15) is 48.5 Å². The number of aromatic hydroxyl groups is 1. The van der Waals surface area contributed by atoms with Crippen molar-refractivity contribution < 1.29 is 19.0 Å². The molecule has 2 heterocycles. The molecule has 2 aromatic rings. The first-order valence-electron chi connectivity index (χ1n) is 7.92. The molecule has 25 heavy (non-hydrogen) atoms. The van der Waals surface area contributed by atoms with Crippen molar-refractivity contribution in [1.82, 2.24) is 0 Å². The summed E-state index contributed by atoms with van der Waals surface area (Å²) < 4.78 is 19.3. The lowest BCUT2D eigenvalue weighted by molar-refractivity contribution is -0.135. The Morgan fingerprint density at radius 3 is 2.64 bits per heavy atom. The molecule has 0 saturated heterocycles. The maximum atomic E-state index is 13.2. The molecule has 4 N–H and O–H groups in total. The predicted molar refractivity (Wildman–Crippen MR) is 96.1 cm³/mol. The van der Waals surface area contributed by atoms with Gasteiger partial charge in [0.15, 0.2) is 0 Å². The third kappa shape index (κ3) is 3.21. The van der Waals surface area contributed by atoms with E-state index in [1.807, 2.05) is 27.7 Å². The Morgan fingerprint density at radius 1 is 1.36 bits per heavy atom. The van der Waals surface area contributed by atoms with Crippen molar-refractivity contribution in [2.75, 3.05) is 5.32 Å². The van der Waals surface area contributed by atoms with E-state index in [9.17, 15) is 14.3 Å². The zero-order valence-corrected chi connectivity index (χ0v) is 15.4. The fraction of sp³-hybridized carbons (Fsp3) is 0.389. The van der Waals surface area contributed by atoms with Crippen molar-refractivity contribution in [3.63, 3.8) is 0 Å². The number of amides is 1. The lowest BCUT2D eigenvalue weighted by atomic mass is 9.86. The number of primary amides is 1. The smallest absolute Gasteiger partial charge is 0.251 e. The van der Waals surface area contributed by atoms with Gasteiger partial charge in [-0.2, -0.15) is 0 Å². The van der Waals surface area contributed by atoms with Gasteiger partial charge in [-0.1, -0.05) is 0 Å². The van der Waals surface area contributed by atoms with Crippen LogP contribution in [0.2, 0.25) is 0 Å². The minimum Gasteiger partial charge on any atom is -0.506 e. The van der Waals surface area contributed by atoms with Gasteiger partial charge in [0.1, 0.15) is 16.6 Å². The number of phenols is 1. The van der Waals surface area contributed by atoms with Gasteiger partial charge in [0.25, 0.3) is 5.91 Å². The van der Waals surface area contributed by atoms with Gasteiger partial charge in [0.2, 0.25) is 0 Å². The topological polar surface area (TPSA) is 84.6 Å². The van der Waals surface area contributed by atoms with Crippen molar-refractivity contribution in [3.05, 3.63) is 40.0 Å². The third-order valence-corrected chi connectivity index (χ3v) is 5.59. The van der Waals surface area contributed by atoms with Crippen molar-refractivity contribution in [1.29, 1.82) is 0 Å². The number of hydrogen-bond acceptors (Lipinski definition) is 5. The fourth-order valence-corrected chi connectivity index (χ4v) is 4.68. The lowest BCUT2D eigenvalue weighted by Gasteiger charge is -2.41. The van der Waals surface area contributed by atoms with Crippen molar-refractivity contribution in [2.24, 2.45) is 5.73 Å². The SMILES string of the molecule is CC1(C)Cc2c(sc(Nc3ccc(F)cc3O)c2C(N)=O)C(C)(C)O1. The largest absolute Gasteiger partial charge is 0.506 e. The molecule has 3 rings (SSSR count). The van der Waals surface area contributed by atoms with Crippen LogP contribution in [0.25, 0.3) is 0 Å². The highest BCUT2D eigenvalue weighted by Crippen LogP contribution is 2.49. The van der Waals surface area contributed by atoms with Crippen LogP contribution in [0.4, 0.5) is 15.1 Å². The van der Waals surface area contributed by atoms with E-state index in [1.165, 1.54) is 23.5 Å². The van der Waals surface area contributed by atoms with Crippen molar-refractivity contribution in [2.45, 2.75) is 45.3 Å². The lowest BCUT2D eigenvalue weighted by Crippen LogP contribution is -2.42. The van der Waals surface area contributed by atoms with Crippen LogP contribution < -0.4 is 11.1 Å². The molecule has 0 radical (unpaired) electrons. The van der Waals surface area contributed by atoms with Gasteiger partial charge >= 0.3 is 0 Å². The van der Waals surface area contributed by atoms with E-state index in [1.54, 1.807) is 0 Å². The number of rotatable bonds is 3. The zero-order valence-electron chi connectivity index (χ0n) is 14.6. The molecule has 1 aromatic heterocycles. The van der Waals surface area contributed by atoms with Gasteiger partial charge in [-0.05, 0) is 45.4 Å². The standard InChI is InChI=1S/C18H21FN2O3S/c1-17(2)8-10-13(15(20)23)16(25-14(10)18(3,4)24-17)21-11-6-5-9(19)7-12(11)22/h5-7,21-22H,8H2,1-4H3,(H2,20,23). The van der Waals surface area contributed by atoms with E-state index < -0.39 is 22.9 Å². The number of carbonyl (C=O) groups excluding carboxylic acids is 1. The van der Waals surface area contributed by atoms with Crippen molar-refractivity contribution >= 4 is 27.9 Å². The Morgan fingerprint density at radius 2 is 2.04 bits per heavy atom. The Bertz CT molecular complexity index is 858. The molecule has 0 unspecified atom stereocenters. The summed E-state index contributed by atoms with van der Waals surface area (Å²) >= 11 is 1.36. The van der Waals surface area contributed by atoms with Gasteiger partial charge in [-0.25, -0.2) is 4.39 Å². The summed E-state index contributed by atoms with van der Waals surface area (Å²) in [6.07, 6.45) is 0.553. The maximum absolute atomic E-state index is 13.2. The first kappa shape index (κ1) is 17.7. The first-order chi connectivity index (χ1) is 11.5. The molecule has 0 aliphatic carbocycles. The van der Waals surface area contributed by atoms with Crippen LogP contribution in [0.5, 0.6) is 5.75 Å². The van der Waals surface area contributed by atoms with E-state index in [-0.39, 0.29) is 5.75 Å². The van der Waals surface area contributed by atoms with Crippen LogP contribution in [0.3, 0.4) is 0 Å². The van der Waals surface area contributed by atoms with Crippen LogP contribution in [-0.2, 0) is 16.8 Å². The molecule has 0 atom stereocenters. The van der Waals surface area contributed by atoms with Gasteiger partial charge in [0, 0.05) is 17.4 Å². The van der Waals surface area contributed by atoms with Gasteiger partial charge in [-0.3, -0.25) is 4.79 Å². The number of nitrogens with one attached hydrogen (secondary N) is 1. The van der Waals surface area contributed by atoms with E-state index in [0.717, 1.165) is 16.5 Å². The molecule has 0 fully saturated rings. The molecule has 7 heteroatoms. The molecule has 1 aromatic carbocycles. The molecule has 1 aliphatic rings. The maximum Gasteiger partial charge on any atom is 0.251 e. The molecule has 0 bridgehead atoms. The fourth-order valence-electron chi connectivity index (χ4n) is 3.40. The number of benzene rings is 1. The number of anilines is 2. The summed E-state index contributed by atoms with van der Waals surface area (Å²) in [5.74, 6) is -1.33. The summed E-state index contributed by atoms with van der Waals surface area (Å²) in [7, 11) is 0. The minimum atomic E-state index is -0.573. The number of nitrogens with two attached hydrogens (primary N) is 1. The summed E-state index contributed by atoms with van der Waals surface area (Å²) in [5, 5.41) is 13.5. The van der Waals surface area contributed by atoms with E-state index in [2.05, 4.69) is 5.32 Å². The van der Waals surface area contributed by atoms with Gasteiger partial charge < -0.3 is 20.9 Å². The molecule has 134 valence electrons. The Kier molecular flexibility index (Phi) is 4.04. The second-order valence-electron chi connectivity index (χ2n) is 7.31. The van der Waals surface area contributed by atoms with E-state index >= 15 is 0 Å². The second kappa shape index (κ2) is 5.71. The normalized spacial score (nSPS) is 17.8. The van der Waals surface area contributed by atoms with Crippen LogP contribution >= 0.6 is 11.3 Å². The molecular weight excluding hydrogens is 343 g/mol. The van der Waals surface area contributed by atoms with Crippen molar-refractivity contribution in [3.8, 4) is 5.75 Å². The Hall–Kier alpha value is -2.12. The second-order valence-corrected chi connectivity index (χ2v) is 8.33. The summed E-state index contributed by atoms with van der Waals surface area (Å²) in [4.78, 5) is 13.1. The molecule has 1 amide bonds. The van der Waals surface area contributed by atoms with Crippen LogP contribution in [-0.4, -0.2) is 16.6 Å². The first-order valence-corrected chi connectivity index (χ1v) is 8.73. The quantitative estimate of drug-likeness (QED) is 0.718. The number of ether oxygens (including phenoxy) is 1. The molecule has 0 spiro atoms. The minimum absolute atomic E-state index is 0.238. The third-order valence-electron chi connectivity index (χ3n) is 4.14. The Balaban J connectivity index is 2.13. The molecule has 1 aliphatic heterocycles. The average molecular weight is 364 g/mol. The highest BCUT2D eigenvalue weighted by atomic mass is 32.1. The highest BCUT2D eigenvalue weighted by Gasteiger charge is 2.42. The number of hydrogen-bond donors (Lipinski definition) is 3. The molecule has 5 nitrogen and oxygen atoms in total. The number of phenolic OH excluding ortho intramolecular Hbond substituents is 1. The van der Waals surface area contributed by atoms with Crippen LogP contribution in [0, 0.1) is 5.82 Å². The molecular formula is C18H21FN2O3S. The predicted octanol–water partition coefficient (Wildman–Crippen LogP) is 4.02. The average Bonchev–Trinajstić information content (AvgIpc) is 2.78. The molecule has 0 saturated carbocycles. The highest BCUT2D eigenvalue weighted by molar-refractivity contribution is 7.17. The van der Waals surface area contributed by atoms with E-state index in [0.29, 0.717) is 22.7 Å². The number of thiophene rings is 1. The number of fused-ring (bicyclic) bond motifs is 1. The summed E-state index contributed by atoms with van der Waals surface area (Å²) in [6.45, 7) is 7.85. The zero-order chi connectivity index (χ0) is 18.6. The summed E-state index contributed by atoms with van der Waals surface area (Å²) in [6, 6.07) is 3.66. The van der Waals surface area contributed by atoms with E-state index in [4.69, 9.17) is 10.5 Å². The Labute approximate surface area is 149 Å².